The zero-order valence-electron chi connectivity index (χ0n) is 11.7. The first-order valence-electron chi connectivity index (χ1n) is 7.03. The zero-order valence-corrected chi connectivity index (χ0v) is 12.5. The second kappa shape index (κ2) is 6.65. The molecule has 1 N–H and O–H groups in total. The molecule has 1 heterocycles. The van der Waals surface area contributed by atoms with E-state index in [2.05, 4.69) is 5.32 Å². The minimum Gasteiger partial charge on any atom is -0.313 e. The quantitative estimate of drug-likeness (QED) is 0.904. The predicted octanol–water partition coefficient (Wildman–Crippen LogP) is 1.98. The van der Waals surface area contributed by atoms with Crippen molar-refractivity contribution >= 4 is 10.0 Å². The van der Waals surface area contributed by atoms with E-state index in [0.29, 0.717) is 13.1 Å². The molecule has 0 amide bonds. The van der Waals surface area contributed by atoms with Crippen LogP contribution in [0, 0.1) is 5.82 Å². The molecule has 0 saturated carbocycles. The Morgan fingerprint density at radius 2 is 2.20 bits per heavy atom. The van der Waals surface area contributed by atoms with Gasteiger partial charge in [-0.15, -0.1) is 0 Å². The first-order valence-corrected chi connectivity index (χ1v) is 8.47. The van der Waals surface area contributed by atoms with E-state index >= 15 is 0 Å². The monoisotopic (exact) mass is 300 g/mol. The number of hydrogen-bond donors (Lipinski definition) is 1. The summed E-state index contributed by atoms with van der Waals surface area (Å²) in [7, 11) is -3.62. The standard InChI is InChI=1S/C14H21FN2O2S/c1-2-17(11-13-7-3-4-9-16-13)20(18,19)14-8-5-6-12(15)10-14/h5-6,8,10,13,16H,2-4,7,9,11H2,1H3. The van der Waals surface area contributed by atoms with E-state index in [9.17, 15) is 12.8 Å². The molecule has 0 spiro atoms. The van der Waals surface area contributed by atoms with Crippen LogP contribution in [0.2, 0.25) is 0 Å². The van der Waals surface area contributed by atoms with E-state index < -0.39 is 15.8 Å². The maximum atomic E-state index is 13.2. The highest BCUT2D eigenvalue weighted by Gasteiger charge is 2.26. The fourth-order valence-corrected chi connectivity index (χ4v) is 4.03. The van der Waals surface area contributed by atoms with E-state index in [-0.39, 0.29) is 10.9 Å². The minimum atomic E-state index is -3.62. The minimum absolute atomic E-state index is 0.0233. The van der Waals surface area contributed by atoms with Crippen LogP contribution in [0.3, 0.4) is 0 Å². The van der Waals surface area contributed by atoms with Gasteiger partial charge in [0.15, 0.2) is 0 Å². The van der Waals surface area contributed by atoms with Gasteiger partial charge in [-0.1, -0.05) is 19.4 Å². The summed E-state index contributed by atoms with van der Waals surface area (Å²) in [6.45, 7) is 3.56. The van der Waals surface area contributed by atoms with Gasteiger partial charge in [-0.25, -0.2) is 12.8 Å². The Morgan fingerprint density at radius 1 is 1.40 bits per heavy atom. The lowest BCUT2D eigenvalue weighted by Gasteiger charge is -2.29. The van der Waals surface area contributed by atoms with Crippen LogP contribution in [-0.4, -0.2) is 38.4 Å². The SMILES string of the molecule is CCN(CC1CCCCN1)S(=O)(=O)c1cccc(F)c1. The molecular weight excluding hydrogens is 279 g/mol. The van der Waals surface area contributed by atoms with Crippen LogP contribution >= 0.6 is 0 Å². The zero-order chi connectivity index (χ0) is 14.6. The van der Waals surface area contributed by atoms with Crippen molar-refractivity contribution in [3.8, 4) is 0 Å². The van der Waals surface area contributed by atoms with Crippen molar-refractivity contribution in [2.45, 2.75) is 37.1 Å². The van der Waals surface area contributed by atoms with Crippen LogP contribution in [0.1, 0.15) is 26.2 Å². The third-order valence-corrected chi connectivity index (χ3v) is 5.56. The first kappa shape index (κ1) is 15.4. The summed E-state index contributed by atoms with van der Waals surface area (Å²) in [5.74, 6) is -0.530. The fraction of sp³-hybridized carbons (Fsp3) is 0.571. The molecule has 0 bridgehead atoms. The van der Waals surface area contributed by atoms with Gasteiger partial charge in [-0.05, 0) is 37.6 Å². The Hall–Kier alpha value is -0.980. The average Bonchev–Trinajstić information content (AvgIpc) is 2.45. The molecular formula is C14H21FN2O2S. The van der Waals surface area contributed by atoms with Gasteiger partial charge in [-0.3, -0.25) is 0 Å². The van der Waals surface area contributed by atoms with Gasteiger partial charge in [0.1, 0.15) is 5.82 Å². The van der Waals surface area contributed by atoms with Gasteiger partial charge in [0.25, 0.3) is 0 Å². The number of benzene rings is 1. The maximum Gasteiger partial charge on any atom is 0.243 e. The maximum absolute atomic E-state index is 13.2. The smallest absolute Gasteiger partial charge is 0.243 e. The van der Waals surface area contributed by atoms with Gasteiger partial charge in [0, 0.05) is 19.1 Å². The van der Waals surface area contributed by atoms with Crippen LogP contribution in [-0.2, 0) is 10.0 Å². The van der Waals surface area contributed by atoms with Crippen LogP contribution in [0.5, 0.6) is 0 Å². The molecule has 1 aliphatic heterocycles. The third-order valence-electron chi connectivity index (χ3n) is 3.62. The van der Waals surface area contributed by atoms with Crippen LogP contribution < -0.4 is 5.32 Å². The normalized spacial score (nSPS) is 20.2. The van der Waals surface area contributed by atoms with E-state index in [1.165, 1.54) is 22.5 Å². The summed E-state index contributed by atoms with van der Waals surface area (Å²) in [5, 5.41) is 3.34. The summed E-state index contributed by atoms with van der Waals surface area (Å²) in [5.41, 5.74) is 0. The van der Waals surface area contributed by atoms with E-state index in [1.807, 2.05) is 0 Å². The van der Waals surface area contributed by atoms with Crippen molar-refractivity contribution in [2.24, 2.45) is 0 Å². The van der Waals surface area contributed by atoms with E-state index in [1.54, 1.807) is 6.92 Å². The topological polar surface area (TPSA) is 49.4 Å². The lowest BCUT2D eigenvalue weighted by atomic mass is 10.1. The van der Waals surface area contributed by atoms with Crippen molar-refractivity contribution in [1.29, 1.82) is 0 Å². The Balaban J connectivity index is 2.16. The summed E-state index contributed by atoms with van der Waals surface area (Å²) in [4.78, 5) is 0.0233. The van der Waals surface area contributed by atoms with Gasteiger partial charge < -0.3 is 5.32 Å². The van der Waals surface area contributed by atoms with Crippen LogP contribution in [0.25, 0.3) is 0 Å². The summed E-state index contributed by atoms with van der Waals surface area (Å²) in [6.07, 6.45) is 3.24. The number of halogens is 1. The van der Waals surface area contributed by atoms with Crippen LogP contribution in [0.15, 0.2) is 29.2 Å². The number of sulfonamides is 1. The molecule has 2 rings (SSSR count). The van der Waals surface area contributed by atoms with Crippen molar-refractivity contribution in [3.63, 3.8) is 0 Å². The summed E-state index contributed by atoms with van der Waals surface area (Å²) >= 11 is 0. The summed E-state index contributed by atoms with van der Waals surface area (Å²) in [6, 6.07) is 5.38. The molecule has 1 unspecified atom stereocenters. The second-order valence-electron chi connectivity index (χ2n) is 5.06. The molecule has 6 heteroatoms. The molecule has 4 nitrogen and oxygen atoms in total. The van der Waals surface area contributed by atoms with Crippen molar-refractivity contribution < 1.29 is 12.8 Å². The Labute approximate surface area is 120 Å². The molecule has 1 saturated heterocycles. The molecule has 1 fully saturated rings. The lowest BCUT2D eigenvalue weighted by molar-refractivity contribution is 0.319. The average molecular weight is 300 g/mol. The highest BCUT2D eigenvalue weighted by atomic mass is 32.2. The number of hydrogen-bond acceptors (Lipinski definition) is 3. The second-order valence-corrected chi connectivity index (χ2v) is 7.00. The van der Waals surface area contributed by atoms with Crippen LogP contribution in [0.4, 0.5) is 4.39 Å². The van der Waals surface area contributed by atoms with E-state index in [0.717, 1.165) is 31.9 Å². The number of rotatable bonds is 5. The van der Waals surface area contributed by atoms with Gasteiger partial charge in [0.2, 0.25) is 10.0 Å². The van der Waals surface area contributed by atoms with E-state index in [4.69, 9.17) is 0 Å². The Kier molecular flexibility index (Phi) is 5.12. The highest BCUT2D eigenvalue weighted by molar-refractivity contribution is 7.89. The van der Waals surface area contributed by atoms with Crippen molar-refractivity contribution in [1.82, 2.24) is 9.62 Å². The molecule has 20 heavy (non-hydrogen) atoms. The highest BCUT2D eigenvalue weighted by Crippen LogP contribution is 2.18. The fourth-order valence-electron chi connectivity index (χ4n) is 2.50. The van der Waals surface area contributed by atoms with Gasteiger partial charge in [-0.2, -0.15) is 4.31 Å². The lowest BCUT2D eigenvalue weighted by Crippen LogP contribution is -2.45. The molecule has 0 radical (unpaired) electrons. The molecule has 1 aromatic carbocycles. The van der Waals surface area contributed by atoms with Gasteiger partial charge in [0.05, 0.1) is 4.90 Å². The Morgan fingerprint density at radius 3 is 2.80 bits per heavy atom. The van der Waals surface area contributed by atoms with Crippen molar-refractivity contribution in [3.05, 3.63) is 30.1 Å². The van der Waals surface area contributed by atoms with Crippen molar-refractivity contribution in [2.75, 3.05) is 19.6 Å². The van der Waals surface area contributed by atoms with Gasteiger partial charge >= 0.3 is 0 Å². The molecule has 1 aliphatic rings. The largest absolute Gasteiger partial charge is 0.313 e. The molecule has 1 aromatic rings. The number of nitrogens with one attached hydrogen (secondary N) is 1. The predicted molar refractivity (Wildman–Crippen MR) is 76.5 cm³/mol. The summed E-state index contributed by atoms with van der Waals surface area (Å²) < 4.78 is 39.7. The number of piperidine rings is 1. The molecule has 1 atom stereocenters. The molecule has 0 aromatic heterocycles. The molecule has 112 valence electrons. The number of likely N-dealkylation sites (N-methyl/N-ethyl adjacent to an activating group) is 1. The Bertz CT molecular complexity index is 542. The molecule has 0 aliphatic carbocycles. The first-order chi connectivity index (χ1) is 9.54. The number of nitrogens with zero attached hydrogens (tertiary/aromatic N) is 1. The third kappa shape index (κ3) is 3.56.